The van der Waals surface area contributed by atoms with Gasteiger partial charge in [0, 0.05) is 23.1 Å². The Labute approximate surface area is 114 Å². The average molecular weight is 317 g/mol. The van der Waals surface area contributed by atoms with Crippen molar-refractivity contribution in [3.8, 4) is 0 Å². The zero-order valence-electron chi connectivity index (χ0n) is 9.86. The van der Waals surface area contributed by atoms with E-state index in [-0.39, 0.29) is 18.0 Å². The summed E-state index contributed by atoms with van der Waals surface area (Å²) in [5.74, 6) is 0.119. The Bertz CT molecular complexity index is 405. The molecule has 0 saturated carbocycles. The maximum absolute atomic E-state index is 12.4. The van der Waals surface area contributed by atoms with Gasteiger partial charge >= 0.3 is 0 Å². The largest absolute Gasteiger partial charge is 0.333 e. The number of nitrogens with zero attached hydrogens (tertiary/aromatic N) is 1. The minimum Gasteiger partial charge on any atom is -0.333 e. The lowest BCUT2D eigenvalue weighted by Crippen LogP contribution is -2.51. The first-order valence-electron chi connectivity index (χ1n) is 5.91. The number of halogens is 1. The van der Waals surface area contributed by atoms with Gasteiger partial charge in [-0.15, -0.1) is 11.3 Å². The Morgan fingerprint density at radius 3 is 3.00 bits per heavy atom. The SMILES string of the molecule is CC(N)C1CCCCN1C(=O)c1sccc1Br. The van der Waals surface area contributed by atoms with Crippen LogP contribution in [0.25, 0.3) is 0 Å². The van der Waals surface area contributed by atoms with E-state index in [2.05, 4.69) is 15.9 Å². The first-order chi connectivity index (χ1) is 8.11. The number of carbonyl (C=O) groups is 1. The molecule has 1 amide bonds. The second-order valence-electron chi connectivity index (χ2n) is 4.52. The number of amides is 1. The molecule has 1 aliphatic heterocycles. The van der Waals surface area contributed by atoms with Crippen LogP contribution < -0.4 is 5.73 Å². The minimum absolute atomic E-state index is 0.0398. The van der Waals surface area contributed by atoms with Gasteiger partial charge in [-0.2, -0.15) is 0 Å². The summed E-state index contributed by atoms with van der Waals surface area (Å²) in [4.78, 5) is 15.2. The summed E-state index contributed by atoms with van der Waals surface area (Å²) in [6.45, 7) is 2.81. The molecule has 2 heterocycles. The van der Waals surface area contributed by atoms with E-state index in [1.807, 2.05) is 23.3 Å². The van der Waals surface area contributed by atoms with Gasteiger partial charge in [-0.05, 0) is 53.6 Å². The minimum atomic E-state index is 0.0398. The molecule has 2 N–H and O–H groups in total. The number of thiophene rings is 1. The zero-order chi connectivity index (χ0) is 12.4. The van der Waals surface area contributed by atoms with Crippen LogP contribution in [0.15, 0.2) is 15.9 Å². The quantitative estimate of drug-likeness (QED) is 0.912. The van der Waals surface area contributed by atoms with E-state index >= 15 is 0 Å². The Morgan fingerprint density at radius 2 is 2.41 bits per heavy atom. The van der Waals surface area contributed by atoms with Gasteiger partial charge in [-0.3, -0.25) is 4.79 Å². The normalized spacial score (nSPS) is 22.5. The molecule has 2 unspecified atom stereocenters. The average Bonchev–Trinajstić information content (AvgIpc) is 2.74. The predicted octanol–water partition coefficient (Wildman–Crippen LogP) is 2.85. The number of piperidine rings is 1. The fourth-order valence-electron chi connectivity index (χ4n) is 2.33. The molecule has 2 atom stereocenters. The van der Waals surface area contributed by atoms with Crippen LogP contribution >= 0.6 is 27.3 Å². The third-order valence-corrected chi connectivity index (χ3v) is 5.05. The molecule has 17 heavy (non-hydrogen) atoms. The highest BCUT2D eigenvalue weighted by atomic mass is 79.9. The van der Waals surface area contributed by atoms with Gasteiger partial charge in [0.25, 0.3) is 5.91 Å². The highest BCUT2D eigenvalue weighted by molar-refractivity contribution is 9.10. The molecule has 1 saturated heterocycles. The van der Waals surface area contributed by atoms with E-state index in [0.717, 1.165) is 28.7 Å². The fourth-order valence-corrected chi connectivity index (χ4v) is 3.83. The molecule has 0 bridgehead atoms. The van der Waals surface area contributed by atoms with Gasteiger partial charge in [0.15, 0.2) is 0 Å². The maximum Gasteiger partial charge on any atom is 0.265 e. The summed E-state index contributed by atoms with van der Waals surface area (Å²) in [6, 6.07) is 2.14. The molecule has 0 aliphatic carbocycles. The van der Waals surface area contributed by atoms with Gasteiger partial charge in [0.2, 0.25) is 0 Å². The van der Waals surface area contributed by atoms with Crippen LogP contribution in [0, 0.1) is 0 Å². The van der Waals surface area contributed by atoms with Crippen LogP contribution in [0.1, 0.15) is 35.9 Å². The lowest BCUT2D eigenvalue weighted by atomic mass is 9.97. The Morgan fingerprint density at radius 1 is 1.65 bits per heavy atom. The Balaban J connectivity index is 2.20. The Kier molecular flexibility index (Phi) is 4.22. The van der Waals surface area contributed by atoms with Crippen LogP contribution in [0.4, 0.5) is 0 Å². The van der Waals surface area contributed by atoms with E-state index in [9.17, 15) is 4.79 Å². The molecule has 0 radical (unpaired) electrons. The summed E-state index contributed by atoms with van der Waals surface area (Å²) < 4.78 is 0.890. The van der Waals surface area contributed by atoms with Crippen molar-refractivity contribution in [2.75, 3.05) is 6.54 Å². The monoisotopic (exact) mass is 316 g/mol. The second kappa shape index (κ2) is 5.50. The number of likely N-dealkylation sites (tertiary alicyclic amines) is 1. The first-order valence-corrected chi connectivity index (χ1v) is 7.58. The standard InChI is InChI=1S/C12H17BrN2OS/c1-8(14)10-4-2-3-6-15(10)12(16)11-9(13)5-7-17-11/h5,7-8,10H,2-4,6,14H2,1H3. The molecule has 3 nitrogen and oxygen atoms in total. The van der Waals surface area contributed by atoms with Crippen LogP contribution in [0.2, 0.25) is 0 Å². The fraction of sp³-hybridized carbons (Fsp3) is 0.583. The number of hydrogen-bond acceptors (Lipinski definition) is 3. The Hall–Kier alpha value is -0.390. The third kappa shape index (κ3) is 2.72. The molecule has 2 rings (SSSR count). The van der Waals surface area contributed by atoms with Crippen LogP contribution in [-0.2, 0) is 0 Å². The summed E-state index contributed by atoms with van der Waals surface area (Å²) in [6.07, 6.45) is 3.27. The lowest BCUT2D eigenvalue weighted by Gasteiger charge is -2.37. The second-order valence-corrected chi connectivity index (χ2v) is 6.29. The van der Waals surface area contributed by atoms with Gasteiger partial charge < -0.3 is 10.6 Å². The summed E-state index contributed by atoms with van der Waals surface area (Å²) >= 11 is 4.91. The van der Waals surface area contributed by atoms with Gasteiger partial charge in [-0.25, -0.2) is 0 Å². The summed E-state index contributed by atoms with van der Waals surface area (Å²) in [5, 5.41) is 1.93. The van der Waals surface area contributed by atoms with Crippen molar-refractivity contribution < 1.29 is 4.79 Å². The number of rotatable bonds is 2. The predicted molar refractivity (Wildman–Crippen MR) is 74.3 cm³/mol. The van der Waals surface area contributed by atoms with E-state index in [0.29, 0.717) is 0 Å². The smallest absolute Gasteiger partial charge is 0.265 e. The van der Waals surface area contributed by atoms with Crippen LogP contribution in [0.3, 0.4) is 0 Å². The zero-order valence-corrected chi connectivity index (χ0v) is 12.3. The van der Waals surface area contributed by atoms with Crippen LogP contribution in [-0.4, -0.2) is 29.4 Å². The first kappa shape index (κ1) is 13.1. The molecule has 1 aromatic rings. The molecule has 94 valence electrons. The molecule has 5 heteroatoms. The van der Waals surface area contributed by atoms with Crippen molar-refractivity contribution in [2.24, 2.45) is 5.73 Å². The van der Waals surface area contributed by atoms with Gasteiger partial charge in [0.05, 0.1) is 0 Å². The van der Waals surface area contributed by atoms with Crippen molar-refractivity contribution in [1.29, 1.82) is 0 Å². The van der Waals surface area contributed by atoms with E-state index in [4.69, 9.17) is 5.73 Å². The van der Waals surface area contributed by atoms with E-state index in [1.54, 1.807) is 0 Å². The summed E-state index contributed by atoms with van der Waals surface area (Å²) in [7, 11) is 0. The molecular weight excluding hydrogens is 300 g/mol. The molecule has 1 aliphatic rings. The van der Waals surface area contributed by atoms with Gasteiger partial charge in [-0.1, -0.05) is 0 Å². The van der Waals surface area contributed by atoms with Crippen molar-refractivity contribution in [3.05, 3.63) is 20.8 Å². The lowest BCUT2D eigenvalue weighted by molar-refractivity contribution is 0.0588. The number of nitrogens with two attached hydrogens (primary N) is 1. The number of hydrogen-bond donors (Lipinski definition) is 1. The van der Waals surface area contributed by atoms with Crippen molar-refractivity contribution in [3.63, 3.8) is 0 Å². The summed E-state index contributed by atoms with van der Waals surface area (Å²) in [5.41, 5.74) is 5.98. The topological polar surface area (TPSA) is 46.3 Å². The molecular formula is C12H17BrN2OS. The van der Waals surface area contributed by atoms with Gasteiger partial charge in [0.1, 0.15) is 4.88 Å². The molecule has 0 aromatic carbocycles. The van der Waals surface area contributed by atoms with E-state index in [1.165, 1.54) is 17.8 Å². The maximum atomic E-state index is 12.4. The molecule has 0 spiro atoms. The number of carbonyl (C=O) groups excluding carboxylic acids is 1. The molecule has 1 aromatic heterocycles. The van der Waals surface area contributed by atoms with Crippen molar-refractivity contribution >= 4 is 33.2 Å². The molecule has 1 fully saturated rings. The van der Waals surface area contributed by atoms with Crippen molar-refractivity contribution in [2.45, 2.75) is 38.3 Å². The van der Waals surface area contributed by atoms with E-state index < -0.39 is 0 Å². The van der Waals surface area contributed by atoms with Crippen molar-refractivity contribution in [1.82, 2.24) is 4.90 Å². The highest BCUT2D eigenvalue weighted by Crippen LogP contribution is 2.28. The highest BCUT2D eigenvalue weighted by Gasteiger charge is 2.31. The van der Waals surface area contributed by atoms with Crippen LogP contribution in [0.5, 0.6) is 0 Å². The third-order valence-electron chi connectivity index (χ3n) is 3.23.